The van der Waals surface area contributed by atoms with Crippen LogP contribution in [-0.4, -0.2) is 48.5 Å². The Morgan fingerprint density at radius 2 is 1.79 bits per heavy atom. The molecule has 0 aliphatic carbocycles. The fraction of sp³-hybridized carbons (Fsp3) is 0.190. The van der Waals surface area contributed by atoms with Gasteiger partial charge in [-0.25, -0.2) is 9.48 Å². The first-order valence-electron chi connectivity index (χ1n) is 8.97. The second-order valence-electron chi connectivity index (χ2n) is 5.92. The third kappa shape index (κ3) is 5.58. The highest BCUT2D eigenvalue weighted by Gasteiger charge is 2.10. The molecule has 1 heterocycles. The third-order valence-corrected chi connectivity index (χ3v) is 3.96. The molecule has 0 aliphatic rings. The summed E-state index contributed by atoms with van der Waals surface area (Å²) in [5, 5.41) is 6.75. The van der Waals surface area contributed by atoms with Crippen LogP contribution in [0.2, 0.25) is 0 Å². The predicted molar refractivity (Wildman–Crippen MR) is 105 cm³/mol. The maximum atomic E-state index is 12.1. The number of nitrogens with one attached hydrogen (secondary N) is 1. The van der Waals surface area contributed by atoms with Gasteiger partial charge in [-0.15, -0.1) is 0 Å². The summed E-state index contributed by atoms with van der Waals surface area (Å²) >= 11 is 0. The van der Waals surface area contributed by atoms with Gasteiger partial charge in [-0.3, -0.25) is 4.79 Å². The molecule has 0 spiro atoms. The standard InChI is InChI=1S/C21H21N3O5/c1-27-18-5-2-3-6-19(18)28-14-12-22-20(25)15-29-21(26)16-7-9-17(10-8-16)24-13-4-11-23-24/h2-11,13H,12,14-15H2,1H3,(H,22,25). The topological polar surface area (TPSA) is 91.7 Å². The molecule has 1 N–H and O–H groups in total. The molecule has 8 heteroatoms. The van der Waals surface area contributed by atoms with E-state index in [1.807, 2.05) is 18.2 Å². The highest BCUT2D eigenvalue weighted by atomic mass is 16.5. The second-order valence-corrected chi connectivity index (χ2v) is 5.92. The molecule has 29 heavy (non-hydrogen) atoms. The van der Waals surface area contributed by atoms with Crippen LogP contribution in [0.15, 0.2) is 67.0 Å². The summed E-state index contributed by atoms with van der Waals surface area (Å²) in [4.78, 5) is 23.9. The number of aromatic nitrogens is 2. The Labute approximate surface area is 168 Å². The van der Waals surface area contributed by atoms with Crippen molar-refractivity contribution in [1.82, 2.24) is 15.1 Å². The number of methoxy groups -OCH3 is 1. The number of benzene rings is 2. The van der Waals surface area contributed by atoms with Gasteiger partial charge in [0.2, 0.25) is 0 Å². The molecule has 1 amide bonds. The van der Waals surface area contributed by atoms with Crippen molar-refractivity contribution in [2.45, 2.75) is 0 Å². The molecule has 1 aromatic heterocycles. The Morgan fingerprint density at radius 1 is 1.03 bits per heavy atom. The first kappa shape index (κ1) is 19.9. The van der Waals surface area contributed by atoms with Crippen molar-refractivity contribution in [1.29, 1.82) is 0 Å². The van der Waals surface area contributed by atoms with E-state index in [9.17, 15) is 9.59 Å². The lowest BCUT2D eigenvalue weighted by molar-refractivity contribution is -0.124. The molecule has 2 aromatic carbocycles. The van der Waals surface area contributed by atoms with E-state index >= 15 is 0 Å². The van der Waals surface area contributed by atoms with Gasteiger partial charge in [0.25, 0.3) is 5.91 Å². The zero-order valence-electron chi connectivity index (χ0n) is 15.9. The lowest BCUT2D eigenvalue weighted by atomic mass is 10.2. The van der Waals surface area contributed by atoms with Crippen LogP contribution in [0.1, 0.15) is 10.4 Å². The predicted octanol–water partition coefficient (Wildman–Crippen LogP) is 2.23. The quantitative estimate of drug-likeness (QED) is 0.441. The minimum absolute atomic E-state index is 0.259. The van der Waals surface area contributed by atoms with Gasteiger partial charge >= 0.3 is 5.97 Å². The largest absolute Gasteiger partial charge is 0.493 e. The monoisotopic (exact) mass is 395 g/mol. The molecule has 0 bridgehead atoms. The van der Waals surface area contributed by atoms with E-state index in [1.54, 1.807) is 60.6 Å². The van der Waals surface area contributed by atoms with E-state index in [1.165, 1.54) is 0 Å². The Kier molecular flexibility index (Phi) is 6.83. The average molecular weight is 395 g/mol. The average Bonchev–Trinajstić information content (AvgIpc) is 3.30. The first-order chi connectivity index (χ1) is 14.2. The molecule has 3 rings (SSSR count). The summed E-state index contributed by atoms with van der Waals surface area (Å²) in [5.41, 5.74) is 1.17. The molecular weight excluding hydrogens is 374 g/mol. The minimum Gasteiger partial charge on any atom is -0.493 e. The molecule has 0 saturated carbocycles. The van der Waals surface area contributed by atoms with E-state index < -0.39 is 11.9 Å². The molecule has 0 fully saturated rings. The Morgan fingerprint density at radius 3 is 2.48 bits per heavy atom. The summed E-state index contributed by atoms with van der Waals surface area (Å²) in [5.74, 6) is 0.230. The van der Waals surface area contributed by atoms with Crippen LogP contribution < -0.4 is 14.8 Å². The molecule has 0 saturated heterocycles. The smallest absolute Gasteiger partial charge is 0.338 e. The van der Waals surface area contributed by atoms with Crippen molar-refractivity contribution in [2.75, 3.05) is 26.9 Å². The van der Waals surface area contributed by atoms with Crippen molar-refractivity contribution < 1.29 is 23.8 Å². The van der Waals surface area contributed by atoms with E-state index in [0.717, 1.165) is 5.69 Å². The maximum Gasteiger partial charge on any atom is 0.338 e. The van der Waals surface area contributed by atoms with Gasteiger partial charge in [0.1, 0.15) is 6.61 Å². The Bertz CT molecular complexity index is 939. The SMILES string of the molecule is COc1ccccc1OCCNC(=O)COC(=O)c1ccc(-n2cccn2)cc1. The summed E-state index contributed by atoms with van der Waals surface area (Å²) in [7, 11) is 1.56. The number of carbonyl (C=O) groups excluding carboxylic acids is 2. The number of ether oxygens (including phenoxy) is 3. The lowest BCUT2D eigenvalue weighted by Crippen LogP contribution is -2.32. The van der Waals surface area contributed by atoms with Crippen LogP contribution in [0, 0.1) is 0 Å². The third-order valence-electron chi connectivity index (χ3n) is 3.96. The summed E-state index contributed by atoms with van der Waals surface area (Å²) in [6.45, 7) is 0.163. The number of hydrogen-bond acceptors (Lipinski definition) is 6. The zero-order valence-corrected chi connectivity index (χ0v) is 15.9. The van der Waals surface area contributed by atoms with Gasteiger partial charge in [0, 0.05) is 12.4 Å². The molecular formula is C21H21N3O5. The minimum atomic E-state index is -0.572. The normalized spacial score (nSPS) is 10.2. The summed E-state index contributed by atoms with van der Waals surface area (Å²) < 4.78 is 17.5. The van der Waals surface area contributed by atoms with Crippen molar-refractivity contribution >= 4 is 11.9 Å². The van der Waals surface area contributed by atoms with Gasteiger partial charge < -0.3 is 19.5 Å². The van der Waals surface area contributed by atoms with Crippen molar-refractivity contribution in [2.24, 2.45) is 0 Å². The van der Waals surface area contributed by atoms with Gasteiger partial charge in [-0.05, 0) is 42.5 Å². The molecule has 0 atom stereocenters. The molecule has 8 nitrogen and oxygen atoms in total. The number of amides is 1. The fourth-order valence-corrected chi connectivity index (χ4v) is 2.53. The summed E-state index contributed by atoms with van der Waals surface area (Å²) in [6, 6.07) is 15.8. The molecule has 150 valence electrons. The number of rotatable bonds is 9. The van der Waals surface area contributed by atoms with Crippen LogP contribution in [0.5, 0.6) is 11.5 Å². The number of para-hydroxylation sites is 2. The van der Waals surface area contributed by atoms with Gasteiger partial charge in [-0.1, -0.05) is 12.1 Å². The molecule has 0 aliphatic heterocycles. The highest BCUT2D eigenvalue weighted by molar-refractivity contribution is 5.91. The van der Waals surface area contributed by atoms with Crippen LogP contribution >= 0.6 is 0 Å². The van der Waals surface area contributed by atoms with Crippen molar-refractivity contribution in [3.63, 3.8) is 0 Å². The highest BCUT2D eigenvalue weighted by Crippen LogP contribution is 2.25. The number of carbonyl (C=O) groups is 2. The van der Waals surface area contributed by atoms with E-state index in [2.05, 4.69) is 10.4 Å². The van der Waals surface area contributed by atoms with Gasteiger partial charge in [0.15, 0.2) is 18.1 Å². The fourth-order valence-electron chi connectivity index (χ4n) is 2.53. The van der Waals surface area contributed by atoms with Crippen molar-refractivity contribution in [3.05, 3.63) is 72.6 Å². The second kappa shape index (κ2) is 9.93. The Balaban J connectivity index is 1.38. The summed E-state index contributed by atoms with van der Waals surface area (Å²) in [6.07, 6.45) is 3.47. The maximum absolute atomic E-state index is 12.1. The van der Waals surface area contributed by atoms with Crippen molar-refractivity contribution in [3.8, 4) is 17.2 Å². The number of nitrogens with zero attached hydrogens (tertiary/aromatic N) is 2. The van der Waals surface area contributed by atoms with Gasteiger partial charge in [-0.2, -0.15) is 5.10 Å². The molecule has 0 radical (unpaired) electrons. The van der Waals surface area contributed by atoms with Gasteiger partial charge in [0.05, 0.1) is 24.9 Å². The van der Waals surface area contributed by atoms with Crippen LogP contribution in [0.4, 0.5) is 0 Å². The van der Waals surface area contributed by atoms with E-state index in [4.69, 9.17) is 14.2 Å². The van der Waals surface area contributed by atoms with Crippen LogP contribution in [0.3, 0.4) is 0 Å². The lowest BCUT2D eigenvalue weighted by Gasteiger charge is -2.11. The Hall–Kier alpha value is -3.81. The van der Waals surface area contributed by atoms with E-state index in [-0.39, 0.29) is 19.8 Å². The number of esters is 1. The molecule has 0 unspecified atom stereocenters. The number of hydrogen-bond donors (Lipinski definition) is 1. The van der Waals surface area contributed by atoms with E-state index in [0.29, 0.717) is 17.1 Å². The molecule has 3 aromatic rings. The first-order valence-corrected chi connectivity index (χ1v) is 8.97. The van der Waals surface area contributed by atoms with Crippen LogP contribution in [0.25, 0.3) is 5.69 Å². The zero-order chi connectivity index (χ0) is 20.5. The van der Waals surface area contributed by atoms with Crippen LogP contribution in [-0.2, 0) is 9.53 Å².